The van der Waals surface area contributed by atoms with Crippen molar-refractivity contribution < 1.29 is 18.0 Å². The number of pyridine rings is 1. The average molecular weight is 302 g/mol. The molecule has 8 heteroatoms. The number of rotatable bonds is 3. The van der Waals surface area contributed by atoms with Gasteiger partial charge in [0.05, 0.1) is 11.0 Å². The van der Waals surface area contributed by atoms with Crippen LogP contribution >= 0.6 is 0 Å². The summed E-state index contributed by atoms with van der Waals surface area (Å²) in [7, 11) is 1.50. The van der Waals surface area contributed by atoms with E-state index in [2.05, 4.69) is 10.3 Å². The van der Waals surface area contributed by atoms with Crippen LogP contribution in [-0.2, 0) is 11.0 Å². The van der Waals surface area contributed by atoms with Crippen molar-refractivity contribution >= 4 is 17.5 Å². The van der Waals surface area contributed by atoms with Crippen molar-refractivity contribution in [2.75, 3.05) is 30.4 Å². The third-order valence-corrected chi connectivity index (χ3v) is 3.79. The molecule has 0 spiro atoms. The number of halogens is 3. The van der Waals surface area contributed by atoms with E-state index in [-0.39, 0.29) is 18.2 Å². The molecule has 3 N–H and O–H groups in total. The highest BCUT2D eigenvalue weighted by Gasteiger charge is 2.40. The summed E-state index contributed by atoms with van der Waals surface area (Å²) in [4.78, 5) is 17.2. The number of nitrogens with one attached hydrogen (secondary N) is 1. The van der Waals surface area contributed by atoms with E-state index in [0.717, 1.165) is 12.1 Å². The summed E-state index contributed by atoms with van der Waals surface area (Å²) in [5.41, 5.74) is 3.84. The lowest BCUT2D eigenvalue weighted by atomic mass is 9.89. The molecule has 1 amide bonds. The maximum atomic E-state index is 12.9. The fourth-order valence-corrected chi connectivity index (χ4v) is 2.33. The second-order valence-corrected chi connectivity index (χ2v) is 5.44. The van der Waals surface area contributed by atoms with Crippen molar-refractivity contribution in [1.29, 1.82) is 0 Å². The summed E-state index contributed by atoms with van der Waals surface area (Å²) in [6.45, 7) is 2.42. The molecule has 0 bridgehead atoms. The Hall–Kier alpha value is -1.99. The van der Waals surface area contributed by atoms with Gasteiger partial charge in [0.15, 0.2) is 0 Å². The van der Waals surface area contributed by atoms with E-state index in [0.29, 0.717) is 13.0 Å². The van der Waals surface area contributed by atoms with Crippen LogP contribution < -0.4 is 16.0 Å². The Balaban J connectivity index is 2.35. The number of nitrogens with zero attached hydrogens (tertiary/aromatic N) is 2. The SMILES string of the molecule is CNc1cc(C(F)(F)F)cc(N2CCC(C)(C(N)=O)C2)n1. The second-order valence-electron chi connectivity index (χ2n) is 5.44. The maximum Gasteiger partial charge on any atom is 0.416 e. The molecule has 0 radical (unpaired) electrons. The molecule has 1 unspecified atom stereocenters. The fraction of sp³-hybridized carbons (Fsp3) is 0.538. The Labute approximate surface area is 120 Å². The van der Waals surface area contributed by atoms with Crippen molar-refractivity contribution in [3.8, 4) is 0 Å². The number of amides is 1. The lowest BCUT2D eigenvalue weighted by Gasteiger charge is -2.23. The molecule has 1 aliphatic heterocycles. The summed E-state index contributed by atoms with van der Waals surface area (Å²) in [5, 5.41) is 2.62. The monoisotopic (exact) mass is 302 g/mol. The molecule has 0 saturated carbocycles. The Morgan fingerprint density at radius 1 is 1.48 bits per heavy atom. The van der Waals surface area contributed by atoms with Gasteiger partial charge in [0.1, 0.15) is 11.6 Å². The highest BCUT2D eigenvalue weighted by atomic mass is 19.4. The number of carbonyl (C=O) groups is 1. The van der Waals surface area contributed by atoms with E-state index in [1.807, 2.05) is 0 Å². The summed E-state index contributed by atoms with van der Waals surface area (Å²) in [6.07, 6.45) is -3.95. The number of carbonyl (C=O) groups excluding carboxylic acids is 1. The van der Waals surface area contributed by atoms with E-state index in [9.17, 15) is 18.0 Å². The lowest BCUT2D eigenvalue weighted by molar-refractivity contribution is -0.137. The van der Waals surface area contributed by atoms with Gasteiger partial charge in [0, 0.05) is 20.1 Å². The Bertz CT molecular complexity index is 561. The van der Waals surface area contributed by atoms with Crippen molar-refractivity contribution in [2.45, 2.75) is 19.5 Å². The van der Waals surface area contributed by atoms with Gasteiger partial charge in [-0.2, -0.15) is 13.2 Å². The number of anilines is 2. The summed E-state index contributed by atoms with van der Waals surface area (Å²) >= 11 is 0. The minimum absolute atomic E-state index is 0.132. The third-order valence-electron chi connectivity index (χ3n) is 3.79. The smallest absolute Gasteiger partial charge is 0.373 e. The molecule has 1 saturated heterocycles. The maximum absolute atomic E-state index is 12.9. The molecule has 116 valence electrons. The molecular weight excluding hydrogens is 285 g/mol. The zero-order chi connectivity index (χ0) is 15.8. The van der Waals surface area contributed by atoms with Crippen LogP contribution in [0.3, 0.4) is 0 Å². The van der Waals surface area contributed by atoms with Gasteiger partial charge in [0.2, 0.25) is 5.91 Å². The highest BCUT2D eigenvalue weighted by Crippen LogP contribution is 2.36. The molecule has 5 nitrogen and oxygen atoms in total. The van der Waals surface area contributed by atoms with Crippen LogP contribution in [0.2, 0.25) is 0 Å². The Morgan fingerprint density at radius 3 is 2.62 bits per heavy atom. The van der Waals surface area contributed by atoms with Gasteiger partial charge in [0.25, 0.3) is 0 Å². The van der Waals surface area contributed by atoms with Gasteiger partial charge >= 0.3 is 6.18 Å². The highest BCUT2D eigenvalue weighted by molar-refractivity contribution is 5.82. The summed E-state index contributed by atoms with van der Waals surface area (Å²) in [6, 6.07) is 1.94. The molecule has 0 aliphatic carbocycles. The number of hydrogen-bond acceptors (Lipinski definition) is 4. The van der Waals surface area contributed by atoms with E-state index in [1.54, 1.807) is 11.8 Å². The minimum Gasteiger partial charge on any atom is -0.373 e. The van der Waals surface area contributed by atoms with Gasteiger partial charge in [-0.15, -0.1) is 0 Å². The largest absolute Gasteiger partial charge is 0.416 e. The quantitative estimate of drug-likeness (QED) is 0.894. The fourth-order valence-electron chi connectivity index (χ4n) is 2.33. The first kappa shape index (κ1) is 15.4. The summed E-state index contributed by atoms with van der Waals surface area (Å²) in [5.74, 6) is -0.127. The van der Waals surface area contributed by atoms with Crippen LogP contribution in [0, 0.1) is 5.41 Å². The third kappa shape index (κ3) is 3.03. The number of primary amides is 1. The zero-order valence-corrected chi connectivity index (χ0v) is 11.8. The lowest BCUT2D eigenvalue weighted by Crippen LogP contribution is -2.37. The van der Waals surface area contributed by atoms with Gasteiger partial charge in [-0.3, -0.25) is 4.79 Å². The molecule has 2 rings (SSSR count). The molecule has 0 aromatic carbocycles. The minimum atomic E-state index is -4.45. The zero-order valence-electron chi connectivity index (χ0n) is 11.8. The van der Waals surface area contributed by atoms with Gasteiger partial charge in [-0.25, -0.2) is 4.98 Å². The average Bonchev–Trinajstić information content (AvgIpc) is 2.81. The Kier molecular flexibility index (Phi) is 3.73. The van der Waals surface area contributed by atoms with Crippen LogP contribution in [-0.4, -0.2) is 31.0 Å². The first-order chi connectivity index (χ1) is 9.65. The first-order valence-electron chi connectivity index (χ1n) is 6.47. The number of aromatic nitrogens is 1. The van der Waals surface area contributed by atoms with Crippen LogP contribution in [0.15, 0.2) is 12.1 Å². The van der Waals surface area contributed by atoms with Crippen LogP contribution in [0.4, 0.5) is 24.8 Å². The number of nitrogens with two attached hydrogens (primary N) is 1. The molecule has 1 aromatic rings. The van der Waals surface area contributed by atoms with Crippen molar-refractivity contribution in [3.05, 3.63) is 17.7 Å². The molecule has 1 atom stereocenters. The summed E-state index contributed by atoms with van der Waals surface area (Å²) < 4.78 is 38.7. The molecule has 2 heterocycles. The van der Waals surface area contributed by atoms with Gasteiger partial charge < -0.3 is 16.0 Å². The molecule has 1 aromatic heterocycles. The van der Waals surface area contributed by atoms with Crippen LogP contribution in [0.25, 0.3) is 0 Å². The molecule has 1 fully saturated rings. The molecule has 21 heavy (non-hydrogen) atoms. The van der Waals surface area contributed by atoms with Crippen molar-refractivity contribution in [2.24, 2.45) is 11.1 Å². The van der Waals surface area contributed by atoms with Crippen molar-refractivity contribution in [1.82, 2.24) is 4.98 Å². The van der Waals surface area contributed by atoms with E-state index in [4.69, 9.17) is 5.73 Å². The number of alkyl halides is 3. The molecular formula is C13H17F3N4O. The van der Waals surface area contributed by atoms with E-state index in [1.165, 1.54) is 7.05 Å². The Morgan fingerprint density at radius 2 is 2.14 bits per heavy atom. The first-order valence-corrected chi connectivity index (χ1v) is 6.47. The topological polar surface area (TPSA) is 71.2 Å². The van der Waals surface area contributed by atoms with Crippen molar-refractivity contribution in [3.63, 3.8) is 0 Å². The normalized spacial score (nSPS) is 22.4. The second kappa shape index (κ2) is 5.09. The van der Waals surface area contributed by atoms with Gasteiger partial charge in [-0.05, 0) is 25.5 Å². The predicted octanol–water partition coefficient (Wildman–Crippen LogP) is 1.84. The van der Waals surface area contributed by atoms with E-state index >= 15 is 0 Å². The van der Waals surface area contributed by atoms with E-state index < -0.39 is 23.1 Å². The van der Waals surface area contributed by atoms with Gasteiger partial charge in [-0.1, -0.05) is 0 Å². The predicted molar refractivity (Wildman–Crippen MR) is 72.9 cm³/mol. The van der Waals surface area contributed by atoms with Crippen LogP contribution in [0.1, 0.15) is 18.9 Å². The number of hydrogen-bond donors (Lipinski definition) is 2. The molecule has 1 aliphatic rings. The van der Waals surface area contributed by atoms with Crippen LogP contribution in [0.5, 0.6) is 0 Å². The standard InChI is InChI=1S/C13H17F3N4O/c1-12(11(17)21)3-4-20(7-12)10-6-8(13(14,15)16)5-9(18-2)19-10/h5-6H,3-4,7H2,1-2H3,(H2,17,21)(H,18,19).